The third-order valence-electron chi connectivity index (χ3n) is 4.97. The largest absolute Gasteiger partial charge is 0.506 e. The van der Waals surface area contributed by atoms with E-state index in [1.807, 2.05) is 72.8 Å². The molecule has 3 aromatic carbocycles. The minimum atomic E-state index is -0.601. The molecule has 0 bridgehead atoms. The summed E-state index contributed by atoms with van der Waals surface area (Å²) in [7, 11) is 0. The van der Waals surface area contributed by atoms with Gasteiger partial charge in [0.05, 0.1) is 24.3 Å². The molecule has 0 atom stereocenters. The molecule has 0 spiro atoms. The van der Waals surface area contributed by atoms with Crippen LogP contribution in [0.2, 0.25) is 5.02 Å². The van der Waals surface area contributed by atoms with Crippen molar-refractivity contribution in [2.75, 3.05) is 6.61 Å². The summed E-state index contributed by atoms with van der Waals surface area (Å²) in [6.45, 7) is 2.35. The van der Waals surface area contributed by atoms with Crippen molar-refractivity contribution in [3.63, 3.8) is 0 Å². The van der Waals surface area contributed by atoms with E-state index in [1.54, 1.807) is 6.92 Å². The molecular formula is C27H20ClI2NO4S. The third kappa shape index (κ3) is 6.64. The standard InChI is InChI=1S/C27H20ClI2NO4S/c1-2-34-27(33)23-24(32)22(36-26(23)31-19-6-4-3-5-7-19)14-17-12-20(29)25(21(30)13-17)35-15-16-8-10-18(28)11-9-16/h3-14,32H,2,15H2,1H3/b22-14-,31-26?. The first-order chi connectivity index (χ1) is 17.4. The lowest BCUT2D eigenvalue weighted by Crippen LogP contribution is -2.12. The van der Waals surface area contributed by atoms with Crippen molar-refractivity contribution in [2.45, 2.75) is 13.5 Å². The second-order valence-electron chi connectivity index (χ2n) is 7.54. The quantitative estimate of drug-likeness (QED) is 0.195. The number of aliphatic imine (C=N–C) groups is 1. The fraction of sp³-hybridized carbons (Fsp3) is 0.111. The second kappa shape index (κ2) is 12.5. The number of para-hydroxylation sites is 1. The molecule has 0 radical (unpaired) electrons. The van der Waals surface area contributed by atoms with Gasteiger partial charge in [0.2, 0.25) is 0 Å². The first kappa shape index (κ1) is 27.0. The van der Waals surface area contributed by atoms with Gasteiger partial charge in [-0.25, -0.2) is 9.79 Å². The fourth-order valence-electron chi connectivity index (χ4n) is 3.30. The van der Waals surface area contributed by atoms with Crippen molar-refractivity contribution < 1.29 is 19.4 Å². The van der Waals surface area contributed by atoms with Gasteiger partial charge in [-0.05, 0) is 106 Å². The molecule has 0 amide bonds. The van der Waals surface area contributed by atoms with Gasteiger partial charge in [0.15, 0.2) is 0 Å². The van der Waals surface area contributed by atoms with Gasteiger partial charge >= 0.3 is 5.97 Å². The summed E-state index contributed by atoms with van der Waals surface area (Å²) in [5.41, 5.74) is 2.64. The topological polar surface area (TPSA) is 68.1 Å². The molecule has 5 nitrogen and oxygen atoms in total. The highest BCUT2D eigenvalue weighted by Gasteiger charge is 2.33. The molecule has 0 aliphatic carbocycles. The van der Waals surface area contributed by atoms with Gasteiger partial charge in [0.25, 0.3) is 0 Å². The van der Waals surface area contributed by atoms with E-state index in [2.05, 4.69) is 50.2 Å². The van der Waals surface area contributed by atoms with Crippen LogP contribution >= 0.6 is 68.5 Å². The molecule has 1 N–H and O–H groups in total. The summed E-state index contributed by atoms with van der Waals surface area (Å²) in [6, 6.07) is 20.8. The van der Waals surface area contributed by atoms with Crippen LogP contribution < -0.4 is 4.74 Å². The predicted octanol–water partition coefficient (Wildman–Crippen LogP) is 8.32. The van der Waals surface area contributed by atoms with Crippen LogP contribution in [0.1, 0.15) is 18.1 Å². The van der Waals surface area contributed by atoms with Gasteiger partial charge in [-0.2, -0.15) is 0 Å². The normalized spacial score (nSPS) is 15.6. The van der Waals surface area contributed by atoms with Crippen LogP contribution in [0, 0.1) is 7.14 Å². The first-order valence-corrected chi connectivity index (χ1v) is 14.2. The van der Waals surface area contributed by atoms with Crippen molar-refractivity contribution in [3.8, 4) is 5.75 Å². The zero-order chi connectivity index (χ0) is 25.7. The Balaban J connectivity index is 1.62. The van der Waals surface area contributed by atoms with E-state index < -0.39 is 5.97 Å². The Kier molecular flexibility index (Phi) is 9.37. The van der Waals surface area contributed by atoms with Crippen LogP contribution in [0.25, 0.3) is 6.08 Å². The van der Waals surface area contributed by atoms with Crippen LogP contribution in [0.5, 0.6) is 5.75 Å². The molecule has 3 aromatic rings. The maximum atomic E-state index is 12.6. The Morgan fingerprint density at radius 1 is 1.08 bits per heavy atom. The minimum absolute atomic E-state index is 0.0734. The molecular weight excluding hydrogens is 724 g/mol. The fourth-order valence-corrected chi connectivity index (χ4v) is 6.59. The Labute approximate surface area is 245 Å². The number of rotatable bonds is 7. The van der Waals surface area contributed by atoms with Gasteiger partial charge in [-0.3, -0.25) is 0 Å². The maximum Gasteiger partial charge on any atom is 0.344 e. The SMILES string of the molecule is CCOC(=O)C1=C(O)/C(=C/c2cc(I)c(OCc3ccc(Cl)cc3)c(I)c2)SC1=Nc1ccccc1. The number of aliphatic hydroxyl groups excluding tert-OH is 1. The number of hydrogen-bond donors (Lipinski definition) is 1. The molecule has 0 fully saturated rings. The Morgan fingerprint density at radius 2 is 1.75 bits per heavy atom. The molecule has 0 unspecified atom stereocenters. The summed E-state index contributed by atoms with van der Waals surface area (Å²) in [4.78, 5) is 17.7. The summed E-state index contributed by atoms with van der Waals surface area (Å²) in [5.74, 6) is 0.0441. The number of carbonyl (C=O) groups is 1. The molecule has 184 valence electrons. The van der Waals surface area contributed by atoms with Crippen LogP contribution in [-0.2, 0) is 16.1 Å². The predicted molar refractivity (Wildman–Crippen MR) is 163 cm³/mol. The maximum absolute atomic E-state index is 12.6. The Hall–Kier alpha value is -2.02. The number of esters is 1. The van der Waals surface area contributed by atoms with E-state index in [4.69, 9.17) is 21.1 Å². The number of aliphatic hydroxyl groups is 1. The van der Waals surface area contributed by atoms with Crippen molar-refractivity contribution in [1.29, 1.82) is 0 Å². The lowest BCUT2D eigenvalue weighted by Gasteiger charge is -2.12. The average molecular weight is 744 g/mol. The molecule has 1 heterocycles. The zero-order valence-corrected chi connectivity index (χ0v) is 24.9. The van der Waals surface area contributed by atoms with Crippen LogP contribution in [-0.4, -0.2) is 22.7 Å². The zero-order valence-electron chi connectivity index (χ0n) is 19.0. The third-order valence-corrected chi connectivity index (χ3v) is 7.85. The number of thioether (sulfide) groups is 1. The highest BCUT2D eigenvalue weighted by molar-refractivity contribution is 14.1. The van der Waals surface area contributed by atoms with E-state index in [0.717, 1.165) is 24.0 Å². The van der Waals surface area contributed by atoms with Gasteiger partial charge < -0.3 is 14.6 Å². The average Bonchev–Trinajstić information content (AvgIpc) is 3.14. The number of hydrogen-bond acceptors (Lipinski definition) is 6. The van der Waals surface area contributed by atoms with Crippen molar-refractivity contribution in [1.82, 2.24) is 0 Å². The molecule has 9 heteroatoms. The molecule has 0 aromatic heterocycles. The molecule has 0 saturated carbocycles. The molecule has 1 aliphatic heterocycles. The number of halogens is 3. The smallest absolute Gasteiger partial charge is 0.344 e. The summed E-state index contributed by atoms with van der Waals surface area (Å²) in [5, 5.41) is 12.0. The Bertz CT molecular complexity index is 1350. The number of ether oxygens (including phenoxy) is 2. The second-order valence-corrected chi connectivity index (χ2v) is 11.3. The first-order valence-electron chi connectivity index (χ1n) is 10.9. The van der Waals surface area contributed by atoms with E-state index in [0.29, 0.717) is 27.3 Å². The number of carbonyl (C=O) groups excluding carboxylic acids is 1. The molecule has 4 rings (SSSR count). The lowest BCUT2D eigenvalue weighted by molar-refractivity contribution is -0.138. The Morgan fingerprint density at radius 3 is 2.39 bits per heavy atom. The van der Waals surface area contributed by atoms with E-state index in [9.17, 15) is 9.90 Å². The van der Waals surface area contributed by atoms with Gasteiger partial charge in [0, 0.05) is 5.02 Å². The van der Waals surface area contributed by atoms with E-state index >= 15 is 0 Å². The van der Waals surface area contributed by atoms with Crippen LogP contribution in [0.15, 0.2) is 88.0 Å². The molecule has 36 heavy (non-hydrogen) atoms. The van der Waals surface area contributed by atoms with E-state index in [1.165, 1.54) is 11.8 Å². The highest BCUT2D eigenvalue weighted by Crippen LogP contribution is 2.41. The van der Waals surface area contributed by atoms with Crippen molar-refractivity contribution in [3.05, 3.63) is 106 Å². The van der Waals surface area contributed by atoms with Gasteiger partial charge in [0.1, 0.15) is 28.7 Å². The summed E-state index contributed by atoms with van der Waals surface area (Å²) >= 11 is 11.7. The number of benzene rings is 3. The van der Waals surface area contributed by atoms with Crippen LogP contribution in [0.4, 0.5) is 5.69 Å². The summed E-state index contributed by atoms with van der Waals surface area (Å²) < 4.78 is 13.1. The minimum Gasteiger partial charge on any atom is -0.506 e. The van der Waals surface area contributed by atoms with E-state index in [-0.39, 0.29) is 17.9 Å². The molecule has 0 saturated heterocycles. The van der Waals surface area contributed by atoms with Crippen molar-refractivity contribution >= 4 is 91.3 Å². The highest BCUT2D eigenvalue weighted by atomic mass is 127. The summed E-state index contributed by atoms with van der Waals surface area (Å²) in [6.07, 6.45) is 1.83. The monoisotopic (exact) mass is 743 g/mol. The van der Waals surface area contributed by atoms with Crippen molar-refractivity contribution in [2.24, 2.45) is 4.99 Å². The van der Waals surface area contributed by atoms with Crippen LogP contribution in [0.3, 0.4) is 0 Å². The van der Waals surface area contributed by atoms with Gasteiger partial charge in [-0.15, -0.1) is 0 Å². The van der Waals surface area contributed by atoms with Gasteiger partial charge in [-0.1, -0.05) is 53.7 Å². The number of nitrogens with zero attached hydrogens (tertiary/aromatic N) is 1. The lowest BCUT2D eigenvalue weighted by atomic mass is 10.1. The molecule has 1 aliphatic rings.